The second-order valence-electron chi connectivity index (χ2n) is 3.09. The molecule has 0 rings (SSSR count). The molecular weight excluding hydrogens is 219 g/mol. The first-order chi connectivity index (χ1) is 5.35. The Hall–Kier alpha value is 0.910. The first-order valence-electron chi connectivity index (χ1n) is 4.71. The highest BCUT2D eigenvalue weighted by molar-refractivity contribution is 9.36. The average molecular weight is 239 g/mol. The predicted octanol–water partition coefficient (Wildman–Crippen LogP) is 4.72. The standard InChI is InChI=1S/C9H20BrP/c1-3-5-6-8-9(11-10)7-4-2/h9,11H,3-8H2,1-2H3. The van der Waals surface area contributed by atoms with E-state index < -0.39 is 0 Å². The molecular formula is C9H20BrP. The van der Waals surface area contributed by atoms with Gasteiger partial charge in [0.2, 0.25) is 0 Å². The Balaban J connectivity index is 3.20. The molecule has 0 fully saturated rings. The average Bonchev–Trinajstić information content (AvgIpc) is 2.03. The van der Waals surface area contributed by atoms with Crippen LogP contribution in [0.3, 0.4) is 0 Å². The quantitative estimate of drug-likeness (QED) is 0.445. The molecule has 0 aliphatic heterocycles. The Morgan fingerprint density at radius 2 is 1.82 bits per heavy atom. The second kappa shape index (κ2) is 9.00. The molecule has 2 heteroatoms. The van der Waals surface area contributed by atoms with Crippen LogP contribution in [0.1, 0.15) is 52.4 Å². The van der Waals surface area contributed by atoms with Crippen molar-refractivity contribution in [2.45, 2.75) is 58.0 Å². The van der Waals surface area contributed by atoms with E-state index in [1.165, 1.54) is 38.5 Å². The third kappa shape index (κ3) is 7.28. The van der Waals surface area contributed by atoms with Gasteiger partial charge >= 0.3 is 0 Å². The van der Waals surface area contributed by atoms with Crippen LogP contribution in [0.2, 0.25) is 0 Å². The topological polar surface area (TPSA) is 0 Å². The zero-order valence-electron chi connectivity index (χ0n) is 7.70. The molecule has 0 spiro atoms. The fourth-order valence-corrected chi connectivity index (χ4v) is 3.33. The molecule has 0 saturated carbocycles. The number of halogens is 1. The van der Waals surface area contributed by atoms with Crippen LogP contribution in [0, 0.1) is 0 Å². The minimum absolute atomic E-state index is 0.964. The van der Waals surface area contributed by atoms with E-state index in [2.05, 4.69) is 29.3 Å². The maximum atomic E-state index is 3.60. The van der Waals surface area contributed by atoms with Gasteiger partial charge in [-0.15, -0.1) is 0 Å². The second-order valence-corrected chi connectivity index (χ2v) is 5.50. The van der Waals surface area contributed by atoms with E-state index in [1.54, 1.807) is 0 Å². The lowest BCUT2D eigenvalue weighted by molar-refractivity contribution is 0.613. The van der Waals surface area contributed by atoms with Gasteiger partial charge in [-0.25, -0.2) is 0 Å². The zero-order chi connectivity index (χ0) is 8.53. The number of hydrogen-bond donors (Lipinski definition) is 0. The first kappa shape index (κ1) is 11.9. The summed E-state index contributed by atoms with van der Waals surface area (Å²) in [5.41, 5.74) is 0.964. The number of rotatable bonds is 7. The summed E-state index contributed by atoms with van der Waals surface area (Å²) in [5.74, 6) is 0. The molecule has 0 N–H and O–H groups in total. The van der Waals surface area contributed by atoms with E-state index in [0.29, 0.717) is 0 Å². The van der Waals surface area contributed by atoms with Crippen molar-refractivity contribution in [1.29, 1.82) is 0 Å². The minimum Gasteiger partial charge on any atom is -0.0654 e. The summed E-state index contributed by atoms with van der Waals surface area (Å²) < 4.78 is 0. The highest BCUT2D eigenvalue weighted by atomic mass is 79.9. The van der Waals surface area contributed by atoms with Crippen LogP contribution in [0.4, 0.5) is 0 Å². The van der Waals surface area contributed by atoms with E-state index in [4.69, 9.17) is 0 Å². The van der Waals surface area contributed by atoms with Crippen LogP contribution >= 0.6 is 22.8 Å². The maximum Gasteiger partial charge on any atom is -0.0138 e. The van der Waals surface area contributed by atoms with Crippen molar-refractivity contribution in [3.05, 3.63) is 0 Å². The van der Waals surface area contributed by atoms with Gasteiger partial charge in [0.15, 0.2) is 0 Å². The van der Waals surface area contributed by atoms with Crippen LogP contribution in [0.5, 0.6) is 0 Å². The molecule has 0 saturated heterocycles. The van der Waals surface area contributed by atoms with Crippen LogP contribution in [0.25, 0.3) is 0 Å². The summed E-state index contributed by atoms with van der Waals surface area (Å²) in [5, 5.41) is 0. The summed E-state index contributed by atoms with van der Waals surface area (Å²) in [7, 11) is 0.979. The fourth-order valence-electron chi connectivity index (χ4n) is 1.24. The summed E-state index contributed by atoms with van der Waals surface area (Å²) in [6.07, 6.45) is 8.38. The zero-order valence-corrected chi connectivity index (χ0v) is 10.3. The molecule has 0 bridgehead atoms. The third-order valence-corrected chi connectivity index (χ3v) is 4.78. The molecule has 0 heterocycles. The van der Waals surface area contributed by atoms with Crippen molar-refractivity contribution < 1.29 is 0 Å². The van der Waals surface area contributed by atoms with Crippen LogP contribution in [0.15, 0.2) is 0 Å². The van der Waals surface area contributed by atoms with Crippen LogP contribution in [-0.2, 0) is 0 Å². The molecule has 2 unspecified atom stereocenters. The lowest BCUT2D eigenvalue weighted by Crippen LogP contribution is -1.97. The van der Waals surface area contributed by atoms with Crippen LogP contribution in [-0.4, -0.2) is 5.66 Å². The molecule has 0 nitrogen and oxygen atoms in total. The Labute approximate surface area is 81.1 Å². The Kier molecular flexibility index (Phi) is 9.75. The van der Waals surface area contributed by atoms with Crippen molar-refractivity contribution >= 4 is 22.8 Å². The van der Waals surface area contributed by atoms with Crippen molar-refractivity contribution in [1.82, 2.24) is 0 Å². The summed E-state index contributed by atoms with van der Waals surface area (Å²) >= 11 is 3.60. The van der Waals surface area contributed by atoms with Gasteiger partial charge in [-0.1, -0.05) is 55.0 Å². The molecule has 0 aromatic carbocycles. The van der Waals surface area contributed by atoms with Gasteiger partial charge in [0.05, 0.1) is 0 Å². The molecule has 0 aromatic rings. The lowest BCUT2D eigenvalue weighted by Gasteiger charge is -2.11. The highest BCUT2D eigenvalue weighted by Crippen LogP contribution is 2.33. The normalized spacial score (nSPS) is 14.5. The van der Waals surface area contributed by atoms with Gasteiger partial charge in [-0.3, -0.25) is 0 Å². The van der Waals surface area contributed by atoms with Gasteiger partial charge in [0, 0.05) is 0 Å². The molecule has 11 heavy (non-hydrogen) atoms. The molecule has 0 aliphatic carbocycles. The van der Waals surface area contributed by atoms with E-state index >= 15 is 0 Å². The molecule has 0 amide bonds. The van der Waals surface area contributed by atoms with Crippen molar-refractivity contribution in [3.8, 4) is 0 Å². The molecule has 0 aliphatic rings. The molecule has 0 aromatic heterocycles. The van der Waals surface area contributed by atoms with Gasteiger partial charge in [0.25, 0.3) is 0 Å². The van der Waals surface area contributed by atoms with Crippen LogP contribution < -0.4 is 0 Å². The van der Waals surface area contributed by atoms with Crippen molar-refractivity contribution in [2.75, 3.05) is 0 Å². The smallest absolute Gasteiger partial charge is 0.0138 e. The molecule has 2 atom stereocenters. The minimum atomic E-state index is 0.964. The van der Waals surface area contributed by atoms with Crippen molar-refractivity contribution in [2.24, 2.45) is 0 Å². The third-order valence-electron chi connectivity index (χ3n) is 1.95. The summed E-state index contributed by atoms with van der Waals surface area (Å²) in [6.45, 7) is 4.55. The van der Waals surface area contributed by atoms with E-state index in [1.807, 2.05) is 0 Å². The highest BCUT2D eigenvalue weighted by Gasteiger charge is 2.04. The maximum absolute atomic E-state index is 3.60. The summed E-state index contributed by atoms with van der Waals surface area (Å²) in [6, 6.07) is 0. The SMILES string of the molecule is CCCCCC(CCC)PBr. The Bertz CT molecular complexity index is 76.0. The lowest BCUT2D eigenvalue weighted by atomic mass is 10.1. The molecule has 0 radical (unpaired) electrons. The first-order valence-corrected chi connectivity index (χ1v) is 8.04. The largest absolute Gasteiger partial charge is 0.0654 e. The predicted molar refractivity (Wildman–Crippen MR) is 60.1 cm³/mol. The Morgan fingerprint density at radius 3 is 2.27 bits per heavy atom. The van der Waals surface area contributed by atoms with E-state index in [0.717, 1.165) is 12.9 Å². The summed E-state index contributed by atoms with van der Waals surface area (Å²) in [4.78, 5) is 0. The fraction of sp³-hybridized carbons (Fsp3) is 1.00. The van der Waals surface area contributed by atoms with Crippen molar-refractivity contribution in [3.63, 3.8) is 0 Å². The Morgan fingerprint density at radius 1 is 1.09 bits per heavy atom. The van der Waals surface area contributed by atoms with Gasteiger partial charge in [0.1, 0.15) is 0 Å². The van der Waals surface area contributed by atoms with Gasteiger partial charge in [-0.2, -0.15) is 0 Å². The number of hydrogen-bond acceptors (Lipinski definition) is 0. The van der Waals surface area contributed by atoms with E-state index in [-0.39, 0.29) is 0 Å². The monoisotopic (exact) mass is 238 g/mol. The van der Waals surface area contributed by atoms with E-state index in [9.17, 15) is 0 Å². The van der Waals surface area contributed by atoms with Gasteiger partial charge < -0.3 is 0 Å². The number of unbranched alkanes of at least 4 members (excludes halogenated alkanes) is 2. The van der Waals surface area contributed by atoms with Gasteiger partial charge in [-0.05, 0) is 25.8 Å². The molecule has 68 valence electrons.